The molecule has 0 aliphatic rings. The summed E-state index contributed by atoms with van der Waals surface area (Å²) in [5.41, 5.74) is 7.95. The van der Waals surface area contributed by atoms with Gasteiger partial charge in [0.05, 0.1) is 24.1 Å². The molecule has 0 saturated heterocycles. The van der Waals surface area contributed by atoms with Gasteiger partial charge < -0.3 is 10.5 Å². The van der Waals surface area contributed by atoms with E-state index >= 15 is 0 Å². The van der Waals surface area contributed by atoms with Crippen LogP contribution in [0.2, 0.25) is 0 Å². The molecule has 94 valence electrons. The zero-order chi connectivity index (χ0) is 13.0. The van der Waals surface area contributed by atoms with Crippen LogP contribution in [0.1, 0.15) is 17.3 Å². The highest BCUT2D eigenvalue weighted by Crippen LogP contribution is 2.28. The molecule has 0 saturated carbocycles. The highest BCUT2D eigenvalue weighted by molar-refractivity contribution is 8.00. The van der Waals surface area contributed by atoms with Gasteiger partial charge in [-0.25, -0.2) is 9.78 Å². The van der Waals surface area contributed by atoms with Crippen LogP contribution >= 0.6 is 23.1 Å². The van der Waals surface area contributed by atoms with Crippen molar-refractivity contribution in [2.24, 2.45) is 0 Å². The number of pyridine rings is 1. The van der Waals surface area contributed by atoms with E-state index in [2.05, 4.69) is 15.2 Å². The molecule has 0 aliphatic heterocycles. The lowest BCUT2D eigenvalue weighted by atomic mass is 10.2. The molecule has 0 radical (unpaired) electrons. The summed E-state index contributed by atoms with van der Waals surface area (Å²) >= 11 is 2.72. The lowest BCUT2D eigenvalue weighted by Crippen LogP contribution is -2.08. The molecule has 8 heteroatoms. The van der Waals surface area contributed by atoms with Gasteiger partial charge in [0.25, 0.3) is 0 Å². The number of nitrogen functional groups attached to an aromatic ring is 1. The highest BCUT2D eigenvalue weighted by atomic mass is 32.2. The van der Waals surface area contributed by atoms with Gasteiger partial charge in [-0.3, -0.25) is 0 Å². The highest BCUT2D eigenvalue weighted by Gasteiger charge is 2.13. The average molecular weight is 282 g/mol. The number of ether oxygens (including phenoxy) is 1. The molecule has 2 N–H and O–H groups in total. The molecule has 18 heavy (non-hydrogen) atoms. The van der Waals surface area contributed by atoms with E-state index in [-0.39, 0.29) is 0 Å². The Morgan fingerprint density at radius 1 is 1.61 bits per heavy atom. The smallest absolute Gasteiger partial charge is 0.340 e. The zero-order valence-corrected chi connectivity index (χ0v) is 11.1. The second-order valence-electron chi connectivity index (χ2n) is 3.14. The molecule has 0 aromatic carbocycles. The van der Waals surface area contributed by atoms with Gasteiger partial charge in [0.2, 0.25) is 0 Å². The number of nitrogens with two attached hydrogens (primary N) is 1. The molecule has 2 rings (SSSR count). The Morgan fingerprint density at radius 3 is 3.11 bits per heavy atom. The van der Waals surface area contributed by atoms with Crippen LogP contribution in [0, 0.1) is 0 Å². The molecule has 0 fully saturated rings. The van der Waals surface area contributed by atoms with Gasteiger partial charge in [-0.2, -0.15) is 0 Å². The zero-order valence-electron chi connectivity index (χ0n) is 9.49. The lowest BCUT2D eigenvalue weighted by Gasteiger charge is -2.06. The van der Waals surface area contributed by atoms with E-state index in [4.69, 9.17) is 10.5 Å². The van der Waals surface area contributed by atoms with E-state index < -0.39 is 5.97 Å². The van der Waals surface area contributed by atoms with Crippen LogP contribution in [0.4, 0.5) is 5.69 Å². The maximum absolute atomic E-state index is 11.7. The monoisotopic (exact) mass is 282 g/mol. The fourth-order valence-electron chi connectivity index (χ4n) is 1.19. The number of hydrogen-bond acceptors (Lipinski definition) is 8. The molecule has 6 nitrogen and oxygen atoms in total. The van der Waals surface area contributed by atoms with E-state index in [0.29, 0.717) is 22.9 Å². The number of carbonyl (C=O) groups is 1. The summed E-state index contributed by atoms with van der Waals surface area (Å²) in [4.78, 5) is 15.8. The lowest BCUT2D eigenvalue weighted by molar-refractivity contribution is 0.0527. The van der Waals surface area contributed by atoms with Crippen LogP contribution in [0.15, 0.2) is 27.1 Å². The van der Waals surface area contributed by atoms with Gasteiger partial charge in [0.1, 0.15) is 10.5 Å². The molecule has 0 atom stereocenters. The number of esters is 1. The van der Waals surface area contributed by atoms with Gasteiger partial charge in [-0.15, -0.1) is 10.2 Å². The fourth-order valence-corrected chi connectivity index (χ4v) is 2.59. The van der Waals surface area contributed by atoms with Gasteiger partial charge in [-0.1, -0.05) is 11.3 Å². The van der Waals surface area contributed by atoms with E-state index in [1.54, 1.807) is 18.5 Å². The van der Waals surface area contributed by atoms with Crippen molar-refractivity contribution in [3.63, 3.8) is 0 Å². The molecule has 2 heterocycles. The van der Waals surface area contributed by atoms with Crippen LogP contribution < -0.4 is 5.73 Å². The molecular formula is C10H10N4O2S2. The summed E-state index contributed by atoms with van der Waals surface area (Å²) in [7, 11) is 0. The Labute approximate surface area is 112 Å². The second kappa shape index (κ2) is 5.78. The Kier molecular flexibility index (Phi) is 4.11. The summed E-state index contributed by atoms with van der Waals surface area (Å²) in [6.07, 6.45) is 1.44. The first-order valence-electron chi connectivity index (χ1n) is 5.07. The van der Waals surface area contributed by atoms with Crippen molar-refractivity contribution in [2.75, 3.05) is 12.3 Å². The first-order valence-corrected chi connectivity index (χ1v) is 6.77. The molecule has 2 aromatic heterocycles. The SMILES string of the molecule is CCOC(=O)c1cc(Sc2nncs2)ncc1N. The standard InChI is InChI=1S/C10H10N4O2S2/c1-2-16-9(15)6-3-8(12-4-7(6)11)18-10-14-13-5-17-10/h3-5H,2,11H2,1H3. The van der Waals surface area contributed by atoms with Crippen LogP contribution in [0.25, 0.3) is 0 Å². The van der Waals surface area contributed by atoms with E-state index in [1.165, 1.54) is 29.3 Å². The Bertz CT molecular complexity index is 545. The number of carbonyl (C=O) groups excluding carboxylic acids is 1. The van der Waals surface area contributed by atoms with Crippen LogP contribution in [-0.2, 0) is 4.74 Å². The van der Waals surface area contributed by atoms with Gasteiger partial charge in [0.15, 0.2) is 4.34 Å². The predicted octanol–water partition coefficient (Wildman–Crippen LogP) is 1.84. The number of aromatic nitrogens is 3. The van der Waals surface area contributed by atoms with Crippen molar-refractivity contribution in [2.45, 2.75) is 16.3 Å². The molecule has 2 aromatic rings. The summed E-state index contributed by atoms with van der Waals surface area (Å²) < 4.78 is 5.67. The van der Waals surface area contributed by atoms with E-state index in [9.17, 15) is 4.79 Å². The van der Waals surface area contributed by atoms with Crippen LogP contribution in [-0.4, -0.2) is 27.8 Å². The largest absolute Gasteiger partial charge is 0.462 e. The summed E-state index contributed by atoms with van der Waals surface area (Å²) in [5, 5.41) is 8.24. The van der Waals surface area contributed by atoms with Gasteiger partial charge in [-0.05, 0) is 24.8 Å². The maximum atomic E-state index is 11.7. The van der Waals surface area contributed by atoms with E-state index in [0.717, 1.165) is 4.34 Å². The number of anilines is 1. The maximum Gasteiger partial charge on any atom is 0.340 e. The van der Waals surface area contributed by atoms with Crippen molar-refractivity contribution in [3.05, 3.63) is 23.3 Å². The van der Waals surface area contributed by atoms with E-state index in [1.807, 2.05) is 0 Å². The minimum Gasteiger partial charge on any atom is -0.462 e. The normalized spacial score (nSPS) is 10.3. The van der Waals surface area contributed by atoms with Crippen LogP contribution in [0.3, 0.4) is 0 Å². The first-order chi connectivity index (χ1) is 8.70. The van der Waals surface area contributed by atoms with Crippen molar-refractivity contribution in [3.8, 4) is 0 Å². The molecule has 0 amide bonds. The number of hydrogen-bond donors (Lipinski definition) is 1. The number of nitrogens with zero attached hydrogens (tertiary/aromatic N) is 3. The third kappa shape index (κ3) is 2.96. The minimum absolute atomic E-state index is 0.301. The molecule has 0 spiro atoms. The third-order valence-corrected chi connectivity index (χ3v) is 3.65. The van der Waals surface area contributed by atoms with Crippen molar-refractivity contribution in [1.82, 2.24) is 15.2 Å². The summed E-state index contributed by atoms with van der Waals surface area (Å²) in [6, 6.07) is 1.60. The minimum atomic E-state index is -0.448. The summed E-state index contributed by atoms with van der Waals surface area (Å²) in [5.74, 6) is -0.448. The third-order valence-electron chi connectivity index (χ3n) is 1.94. The van der Waals surface area contributed by atoms with Crippen molar-refractivity contribution in [1.29, 1.82) is 0 Å². The topological polar surface area (TPSA) is 91.0 Å². The average Bonchev–Trinajstić information content (AvgIpc) is 2.84. The molecule has 0 unspecified atom stereocenters. The Morgan fingerprint density at radius 2 is 2.44 bits per heavy atom. The number of rotatable bonds is 4. The second-order valence-corrected chi connectivity index (χ2v) is 5.24. The summed E-state index contributed by atoms with van der Waals surface area (Å²) in [6.45, 7) is 2.05. The Balaban J connectivity index is 2.23. The molecule has 0 bridgehead atoms. The molecular weight excluding hydrogens is 272 g/mol. The van der Waals surface area contributed by atoms with Crippen LogP contribution in [0.5, 0.6) is 0 Å². The molecule has 0 aliphatic carbocycles. The van der Waals surface area contributed by atoms with Gasteiger partial charge >= 0.3 is 5.97 Å². The van der Waals surface area contributed by atoms with Crippen molar-refractivity contribution < 1.29 is 9.53 Å². The first kappa shape index (κ1) is 12.8. The van der Waals surface area contributed by atoms with Crippen molar-refractivity contribution >= 4 is 34.8 Å². The fraction of sp³-hybridized carbons (Fsp3) is 0.200. The predicted molar refractivity (Wildman–Crippen MR) is 68.6 cm³/mol. The van der Waals surface area contributed by atoms with Gasteiger partial charge in [0, 0.05) is 0 Å². The Hall–Kier alpha value is -1.67. The quantitative estimate of drug-likeness (QED) is 0.855.